The number of rotatable bonds is 9. The third-order valence-corrected chi connectivity index (χ3v) is 3.26. The van der Waals surface area contributed by atoms with Gasteiger partial charge in [0.1, 0.15) is 0 Å². The van der Waals surface area contributed by atoms with Gasteiger partial charge in [0.05, 0.1) is 13.0 Å². The molecule has 1 rings (SSSR count). The fraction of sp³-hybridized carbons (Fsp3) is 0.929. The van der Waals surface area contributed by atoms with Gasteiger partial charge >= 0.3 is 0 Å². The number of nitrogens with zero attached hydrogens (tertiary/aromatic N) is 1. The molecule has 1 fully saturated rings. The molecule has 0 aromatic carbocycles. The van der Waals surface area contributed by atoms with Gasteiger partial charge in [-0.1, -0.05) is 13.8 Å². The first kappa shape index (κ1) is 15.4. The van der Waals surface area contributed by atoms with Gasteiger partial charge < -0.3 is 15.0 Å². The summed E-state index contributed by atoms with van der Waals surface area (Å²) in [5.41, 5.74) is 0. The fourth-order valence-electron chi connectivity index (χ4n) is 2.33. The Balaban J connectivity index is 2.27. The third kappa shape index (κ3) is 5.83. The van der Waals surface area contributed by atoms with E-state index in [1.165, 1.54) is 12.8 Å². The van der Waals surface area contributed by atoms with Gasteiger partial charge in [-0.3, -0.25) is 4.79 Å². The van der Waals surface area contributed by atoms with E-state index in [0.29, 0.717) is 19.1 Å². The second kappa shape index (κ2) is 9.34. The minimum Gasteiger partial charge on any atom is -0.381 e. The van der Waals surface area contributed by atoms with Crippen molar-refractivity contribution in [3.8, 4) is 0 Å². The lowest BCUT2D eigenvalue weighted by molar-refractivity contribution is -0.132. The molecule has 1 atom stereocenters. The summed E-state index contributed by atoms with van der Waals surface area (Å²) in [6, 6.07) is 0.497. The topological polar surface area (TPSA) is 41.6 Å². The number of amides is 1. The van der Waals surface area contributed by atoms with Crippen LogP contribution in [0.15, 0.2) is 0 Å². The van der Waals surface area contributed by atoms with E-state index >= 15 is 0 Å². The Morgan fingerprint density at radius 1 is 1.33 bits per heavy atom. The van der Waals surface area contributed by atoms with Crippen LogP contribution in [-0.4, -0.2) is 49.7 Å². The van der Waals surface area contributed by atoms with Crippen LogP contribution in [0.3, 0.4) is 0 Å². The molecule has 4 heteroatoms. The number of hydrogen-bond donors (Lipinski definition) is 1. The van der Waals surface area contributed by atoms with Crippen molar-refractivity contribution >= 4 is 5.91 Å². The summed E-state index contributed by atoms with van der Waals surface area (Å²) >= 11 is 0. The van der Waals surface area contributed by atoms with Crippen molar-refractivity contribution in [1.82, 2.24) is 10.2 Å². The van der Waals surface area contributed by atoms with Gasteiger partial charge in [0.15, 0.2) is 0 Å². The number of carbonyl (C=O) groups is 1. The van der Waals surface area contributed by atoms with E-state index < -0.39 is 0 Å². The standard InChI is InChI=1S/C14H28N2O2/c1-3-9-16(12-13-6-5-8-15-13)14(17)7-11-18-10-4-2/h13,15H,3-12H2,1-2H3. The first-order chi connectivity index (χ1) is 8.77. The Bertz CT molecular complexity index is 228. The summed E-state index contributed by atoms with van der Waals surface area (Å²) in [6.45, 7) is 8.34. The van der Waals surface area contributed by atoms with Crippen LogP contribution in [0, 0.1) is 0 Å². The predicted octanol–water partition coefficient (Wildman–Crippen LogP) is 1.79. The second-order valence-electron chi connectivity index (χ2n) is 5.00. The van der Waals surface area contributed by atoms with E-state index in [1.54, 1.807) is 0 Å². The first-order valence-electron chi connectivity index (χ1n) is 7.36. The van der Waals surface area contributed by atoms with E-state index in [1.807, 2.05) is 4.90 Å². The van der Waals surface area contributed by atoms with Gasteiger partial charge in [0.25, 0.3) is 0 Å². The Kier molecular flexibility index (Phi) is 8.01. The quantitative estimate of drug-likeness (QED) is 0.640. The van der Waals surface area contributed by atoms with Crippen molar-refractivity contribution in [2.24, 2.45) is 0 Å². The average molecular weight is 256 g/mol. The molecule has 0 aromatic heterocycles. The maximum Gasteiger partial charge on any atom is 0.224 e. The molecule has 0 spiro atoms. The zero-order chi connectivity index (χ0) is 13.2. The highest BCUT2D eigenvalue weighted by molar-refractivity contribution is 5.76. The number of carbonyl (C=O) groups excluding carboxylic acids is 1. The van der Waals surface area contributed by atoms with Crippen LogP contribution >= 0.6 is 0 Å². The van der Waals surface area contributed by atoms with Gasteiger partial charge in [-0.15, -0.1) is 0 Å². The summed E-state index contributed by atoms with van der Waals surface area (Å²) < 4.78 is 5.39. The molecule has 106 valence electrons. The smallest absolute Gasteiger partial charge is 0.224 e. The molecule has 1 aliphatic heterocycles. The molecule has 1 saturated heterocycles. The molecular formula is C14H28N2O2. The largest absolute Gasteiger partial charge is 0.381 e. The fourth-order valence-corrected chi connectivity index (χ4v) is 2.33. The van der Waals surface area contributed by atoms with Crippen molar-refractivity contribution < 1.29 is 9.53 Å². The van der Waals surface area contributed by atoms with Crippen LogP contribution < -0.4 is 5.32 Å². The van der Waals surface area contributed by atoms with Crippen LogP contribution in [0.2, 0.25) is 0 Å². The highest BCUT2D eigenvalue weighted by Gasteiger charge is 2.20. The normalized spacial score (nSPS) is 19.1. The van der Waals surface area contributed by atoms with Crippen molar-refractivity contribution in [2.75, 3.05) is 32.8 Å². The summed E-state index contributed by atoms with van der Waals surface area (Å²) in [7, 11) is 0. The maximum atomic E-state index is 12.1. The highest BCUT2D eigenvalue weighted by Crippen LogP contribution is 2.08. The lowest BCUT2D eigenvalue weighted by atomic mass is 10.2. The molecule has 18 heavy (non-hydrogen) atoms. The van der Waals surface area contributed by atoms with Crippen LogP contribution in [0.1, 0.15) is 46.0 Å². The van der Waals surface area contributed by atoms with Crippen molar-refractivity contribution in [3.63, 3.8) is 0 Å². The van der Waals surface area contributed by atoms with Gasteiger partial charge in [0, 0.05) is 25.7 Å². The lowest BCUT2D eigenvalue weighted by Crippen LogP contribution is -2.41. The van der Waals surface area contributed by atoms with Crippen LogP contribution in [-0.2, 0) is 9.53 Å². The molecule has 0 aromatic rings. The summed E-state index contributed by atoms with van der Waals surface area (Å²) in [5.74, 6) is 0.238. The van der Waals surface area contributed by atoms with Crippen molar-refractivity contribution in [2.45, 2.75) is 52.0 Å². The molecule has 0 bridgehead atoms. The Morgan fingerprint density at radius 3 is 2.78 bits per heavy atom. The van der Waals surface area contributed by atoms with E-state index in [2.05, 4.69) is 19.2 Å². The molecule has 0 radical (unpaired) electrons. The summed E-state index contributed by atoms with van der Waals surface area (Å²) in [4.78, 5) is 14.1. The van der Waals surface area contributed by atoms with Crippen molar-refractivity contribution in [1.29, 1.82) is 0 Å². The van der Waals surface area contributed by atoms with E-state index in [-0.39, 0.29) is 5.91 Å². The van der Waals surface area contributed by atoms with Crippen LogP contribution in [0.5, 0.6) is 0 Å². The molecule has 1 amide bonds. The molecule has 4 nitrogen and oxygen atoms in total. The first-order valence-corrected chi connectivity index (χ1v) is 7.36. The molecule has 0 saturated carbocycles. The maximum absolute atomic E-state index is 12.1. The van der Waals surface area contributed by atoms with Gasteiger partial charge in [-0.05, 0) is 32.2 Å². The SMILES string of the molecule is CCCOCCC(=O)N(CCC)CC1CCCN1. The monoisotopic (exact) mass is 256 g/mol. The zero-order valence-corrected chi connectivity index (χ0v) is 11.9. The zero-order valence-electron chi connectivity index (χ0n) is 11.9. The Labute approximate surface area is 111 Å². The number of nitrogens with one attached hydrogen (secondary N) is 1. The Hall–Kier alpha value is -0.610. The van der Waals surface area contributed by atoms with Crippen molar-refractivity contribution in [3.05, 3.63) is 0 Å². The number of hydrogen-bond acceptors (Lipinski definition) is 3. The third-order valence-electron chi connectivity index (χ3n) is 3.26. The minimum absolute atomic E-state index is 0.238. The molecule has 1 N–H and O–H groups in total. The van der Waals surface area contributed by atoms with E-state index in [0.717, 1.165) is 39.1 Å². The lowest BCUT2D eigenvalue weighted by Gasteiger charge is -2.25. The Morgan fingerprint density at radius 2 is 2.17 bits per heavy atom. The van der Waals surface area contributed by atoms with Crippen LogP contribution in [0.25, 0.3) is 0 Å². The average Bonchev–Trinajstić information content (AvgIpc) is 2.87. The molecular weight excluding hydrogens is 228 g/mol. The highest BCUT2D eigenvalue weighted by atomic mass is 16.5. The summed E-state index contributed by atoms with van der Waals surface area (Å²) in [5, 5.41) is 3.45. The molecule has 1 heterocycles. The van der Waals surface area contributed by atoms with Gasteiger partial charge in [-0.25, -0.2) is 0 Å². The van der Waals surface area contributed by atoms with Crippen LogP contribution in [0.4, 0.5) is 0 Å². The van der Waals surface area contributed by atoms with E-state index in [4.69, 9.17) is 4.74 Å². The second-order valence-corrected chi connectivity index (χ2v) is 5.00. The summed E-state index contributed by atoms with van der Waals surface area (Å²) in [6.07, 6.45) is 4.98. The van der Waals surface area contributed by atoms with Gasteiger partial charge in [0.2, 0.25) is 5.91 Å². The molecule has 1 aliphatic rings. The molecule has 1 unspecified atom stereocenters. The number of ether oxygens (including phenoxy) is 1. The minimum atomic E-state index is 0.238. The van der Waals surface area contributed by atoms with E-state index in [9.17, 15) is 4.79 Å². The van der Waals surface area contributed by atoms with Gasteiger partial charge in [-0.2, -0.15) is 0 Å². The molecule has 0 aliphatic carbocycles. The predicted molar refractivity (Wildman–Crippen MR) is 73.6 cm³/mol.